The summed E-state index contributed by atoms with van der Waals surface area (Å²) in [5, 5.41) is 4.14. The maximum atomic E-state index is 13.2. The van der Waals surface area contributed by atoms with Gasteiger partial charge in [-0.3, -0.25) is 9.78 Å². The highest BCUT2D eigenvalue weighted by molar-refractivity contribution is 6.13. The van der Waals surface area contributed by atoms with Gasteiger partial charge < -0.3 is 15.0 Å². The van der Waals surface area contributed by atoms with Gasteiger partial charge in [-0.15, -0.1) is 0 Å². The molecule has 1 N–H and O–H groups in total. The van der Waals surface area contributed by atoms with Gasteiger partial charge in [0.2, 0.25) is 11.8 Å². The van der Waals surface area contributed by atoms with Gasteiger partial charge in [-0.25, -0.2) is 4.98 Å². The van der Waals surface area contributed by atoms with E-state index < -0.39 is 0 Å². The summed E-state index contributed by atoms with van der Waals surface area (Å²) in [5.74, 6) is 0.866. The van der Waals surface area contributed by atoms with E-state index in [-0.39, 0.29) is 11.3 Å². The Morgan fingerprint density at radius 1 is 1.13 bits per heavy atom. The van der Waals surface area contributed by atoms with Crippen molar-refractivity contribution in [1.29, 1.82) is 0 Å². The largest absolute Gasteiger partial charge is 0.476 e. The first kappa shape index (κ1) is 19.0. The number of hydrogen-bond donors (Lipinski definition) is 1. The van der Waals surface area contributed by atoms with Crippen LogP contribution < -0.4 is 15.0 Å². The molecule has 0 radical (unpaired) electrons. The van der Waals surface area contributed by atoms with Crippen LogP contribution in [-0.4, -0.2) is 42.6 Å². The molecule has 0 unspecified atom stereocenters. The molecule has 6 heteroatoms. The molecule has 1 aliphatic carbocycles. The van der Waals surface area contributed by atoms with E-state index in [4.69, 9.17) is 4.74 Å². The number of fused-ring (bicyclic) bond motifs is 4. The molecule has 1 saturated carbocycles. The average Bonchev–Trinajstić information content (AvgIpc) is 3.02. The Morgan fingerprint density at radius 2 is 1.97 bits per heavy atom. The summed E-state index contributed by atoms with van der Waals surface area (Å²) < 4.78 is 5.63. The highest BCUT2D eigenvalue weighted by atomic mass is 16.5. The van der Waals surface area contributed by atoms with Gasteiger partial charge in [-0.1, -0.05) is 12.5 Å². The zero-order valence-electron chi connectivity index (χ0n) is 17.4. The number of nitrogens with zero attached hydrogens (tertiary/aromatic N) is 3. The first-order chi connectivity index (χ1) is 14.7. The number of likely N-dealkylation sites (N-methyl/N-ethyl adjacent to an activating group) is 2. The quantitative estimate of drug-likeness (QED) is 0.637. The lowest BCUT2D eigenvalue weighted by molar-refractivity contribution is -0.125. The number of ether oxygens (including phenoxy) is 1. The zero-order chi connectivity index (χ0) is 20.7. The number of anilines is 1. The van der Waals surface area contributed by atoms with Gasteiger partial charge in [-0.05, 0) is 50.6 Å². The topological polar surface area (TPSA) is 67.4 Å². The van der Waals surface area contributed by atoms with E-state index in [0.717, 1.165) is 53.5 Å². The molecule has 0 atom stereocenters. The Labute approximate surface area is 176 Å². The van der Waals surface area contributed by atoms with Gasteiger partial charge in [0.05, 0.1) is 22.8 Å². The second-order valence-electron chi connectivity index (χ2n) is 8.07. The van der Waals surface area contributed by atoms with Crippen molar-refractivity contribution in [2.75, 3.05) is 31.6 Å². The van der Waals surface area contributed by atoms with Crippen LogP contribution in [0.5, 0.6) is 5.88 Å². The number of carbonyl (C=O) groups excluding carboxylic acids is 1. The molecule has 6 nitrogen and oxygen atoms in total. The molecule has 1 fully saturated rings. The number of carbonyl (C=O) groups is 1. The molecule has 2 aliphatic rings. The van der Waals surface area contributed by atoms with Crippen molar-refractivity contribution in [1.82, 2.24) is 15.3 Å². The van der Waals surface area contributed by atoms with Crippen LogP contribution in [0.4, 0.5) is 5.69 Å². The smallest absolute Gasteiger partial charge is 0.237 e. The van der Waals surface area contributed by atoms with E-state index in [1.54, 1.807) is 0 Å². The lowest BCUT2D eigenvalue weighted by Crippen LogP contribution is -2.45. The van der Waals surface area contributed by atoms with Crippen LogP contribution in [0.25, 0.3) is 22.0 Å². The van der Waals surface area contributed by atoms with Gasteiger partial charge in [0.25, 0.3) is 0 Å². The maximum absolute atomic E-state index is 13.2. The second kappa shape index (κ2) is 7.36. The predicted molar refractivity (Wildman–Crippen MR) is 118 cm³/mol. The van der Waals surface area contributed by atoms with Gasteiger partial charge in [0, 0.05) is 41.9 Å². The van der Waals surface area contributed by atoms with E-state index >= 15 is 0 Å². The van der Waals surface area contributed by atoms with Gasteiger partial charge in [-0.2, -0.15) is 0 Å². The molecular formula is C24H26N4O2. The molecule has 1 spiro atoms. The van der Waals surface area contributed by atoms with E-state index in [0.29, 0.717) is 19.0 Å². The number of aromatic nitrogens is 2. The Morgan fingerprint density at radius 3 is 2.63 bits per heavy atom. The maximum Gasteiger partial charge on any atom is 0.237 e. The first-order valence-corrected chi connectivity index (χ1v) is 10.7. The highest BCUT2D eigenvalue weighted by Gasteiger charge is 2.55. The van der Waals surface area contributed by atoms with Crippen LogP contribution in [0.15, 0.2) is 42.7 Å². The third-order valence-electron chi connectivity index (χ3n) is 6.47. The molecule has 5 rings (SSSR count). The zero-order valence-corrected chi connectivity index (χ0v) is 17.4. The van der Waals surface area contributed by atoms with E-state index in [2.05, 4.69) is 27.4 Å². The molecule has 30 heavy (non-hydrogen) atoms. The molecule has 154 valence electrons. The van der Waals surface area contributed by atoms with Crippen LogP contribution in [-0.2, 0) is 10.2 Å². The number of hydrogen-bond acceptors (Lipinski definition) is 5. The van der Waals surface area contributed by atoms with Gasteiger partial charge in [0.15, 0.2) is 0 Å². The lowest BCUT2D eigenvalue weighted by Gasteiger charge is -2.37. The Kier molecular flexibility index (Phi) is 4.66. The number of rotatable bonds is 6. The molecule has 0 bridgehead atoms. The lowest BCUT2D eigenvalue weighted by atomic mass is 9.64. The van der Waals surface area contributed by atoms with Crippen LogP contribution in [0.3, 0.4) is 0 Å². The highest BCUT2D eigenvalue weighted by Crippen LogP contribution is 2.55. The monoisotopic (exact) mass is 402 g/mol. The number of pyridine rings is 2. The molecule has 3 heterocycles. The second-order valence-corrected chi connectivity index (χ2v) is 8.07. The molecule has 1 aliphatic heterocycles. The van der Waals surface area contributed by atoms with E-state index in [1.807, 2.05) is 49.5 Å². The standard InChI is InChI=1S/C24H26N4O2/c1-3-28-20-15-26-19-7-5-16(17-6-8-21(27-14-17)30-12-11-25-2)13-18(19)22(20)24(23(28)29)9-4-10-24/h5-8,13-15,25H,3-4,9-12H2,1-2H3. The minimum Gasteiger partial charge on any atom is -0.476 e. The summed E-state index contributed by atoms with van der Waals surface area (Å²) in [6, 6.07) is 10.2. The molecule has 2 aromatic heterocycles. The molecule has 0 saturated heterocycles. The minimum absolute atomic E-state index is 0.246. The van der Waals surface area contributed by atoms with Crippen LogP contribution in [0.1, 0.15) is 31.7 Å². The molecular weight excluding hydrogens is 376 g/mol. The Balaban J connectivity index is 1.56. The fourth-order valence-corrected chi connectivity index (χ4v) is 4.75. The molecule has 1 amide bonds. The SMILES string of the molecule is CCN1C(=O)C2(CCC2)c2c1cnc1ccc(-c3ccc(OCCNC)nc3)cc21. The summed E-state index contributed by atoms with van der Waals surface area (Å²) in [5.41, 5.74) is 4.84. The predicted octanol–water partition coefficient (Wildman–Crippen LogP) is 3.68. The minimum atomic E-state index is -0.353. The van der Waals surface area contributed by atoms with Crippen molar-refractivity contribution in [3.8, 4) is 17.0 Å². The summed E-state index contributed by atoms with van der Waals surface area (Å²) in [7, 11) is 1.90. The van der Waals surface area contributed by atoms with Crippen LogP contribution in [0.2, 0.25) is 0 Å². The van der Waals surface area contributed by atoms with Gasteiger partial charge in [0.1, 0.15) is 6.61 Å². The van der Waals surface area contributed by atoms with Crippen molar-refractivity contribution >= 4 is 22.5 Å². The summed E-state index contributed by atoms with van der Waals surface area (Å²) in [6.07, 6.45) is 6.68. The summed E-state index contributed by atoms with van der Waals surface area (Å²) in [6.45, 7) is 4.08. The summed E-state index contributed by atoms with van der Waals surface area (Å²) in [4.78, 5) is 24.2. The normalized spacial score (nSPS) is 16.7. The molecule has 3 aromatic rings. The van der Waals surface area contributed by atoms with Crippen molar-refractivity contribution in [3.63, 3.8) is 0 Å². The van der Waals surface area contributed by atoms with Crippen molar-refractivity contribution in [3.05, 3.63) is 48.3 Å². The number of nitrogens with one attached hydrogen (secondary N) is 1. The average molecular weight is 402 g/mol. The third-order valence-corrected chi connectivity index (χ3v) is 6.47. The van der Waals surface area contributed by atoms with Crippen molar-refractivity contribution < 1.29 is 9.53 Å². The van der Waals surface area contributed by atoms with Crippen LogP contribution >= 0.6 is 0 Å². The number of benzene rings is 1. The fraction of sp³-hybridized carbons (Fsp3) is 0.375. The third kappa shape index (κ3) is 2.78. The van der Waals surface area contributed by atoms with E-state index in [9.17, 15) is 4.79 Å². The molecule has 1 aromatic carbocycles. The fourth-order valence-electron chi connectivity index (χ4n) is 4.75. The Bertz CT molecular complexity index is 1110. The Hall–Kier alpha value is -2.99. The van der Waals surface area contributed by atoms with Crippen molar-refractivity contribution in [2.24, 2.45) is 0 Å². The summed E-state index contributed by atoms with van der Waals surface area (Å²) >= 11 is 0. The number of amides is 1. The van der Waals surface area contributed by atoms with Gasteiger partial charge >= 0.3 is 0 Å². The van der Waals surface area contributed by atoms with Crippen molar-refractivity contribution in [2.45, 2.75) is 31.6 Å². The van der Waals surface area contributed by atoms with E-state index in [1.165, 1.54) is 5.56 Å². The first-order valence-electron chi connectivity index (χ1n) is 10.7. The van der Waals surface area contributed by atoms with Crippen LogP contribution in [0, 0.1) is 0 Å².